The van der Waals surface area contributed by atoms with Gasteiger partial charge in [0.2, 0.25) is 11.8 Å². The van der Waals surface area contributed by atoms with Crippen LogP contribution in [0.2, 0.25) is 0 Å². The van der Waals surface area contributed by atoms with Crippen LogP contribution in [0.15, 0.2) is 66.7 Å². The maximum Gasteiger partial charge on any atom is 0.251 e. The lowest BCUT2D eigenvalue weighted by atomic mass is 9.58. The molecule has 0 bridgehead atoms. The smallest absolute Gasteiger partial charge is 0.251 e. The van der Waals surface area contributed by atoms with Gasteiger partial charge in [0.25, 0.3) is 5.91 Å². The van der Waals surface area contributed by atoms with Crippen LogP contribution in [0.25, 0.3) is 11.1 Å². The number of rotatable bonds is 17. The summed E-state index contributed by atoms with van der Waals surface area (Å²) in [4.78, 5) is 51.4. The Labute approximate surface area is 363 Å². The summed E-state index contributed by atoms with van der Waals surface area (Å²) in [7, 11) is 8.92. The monoisotopic (exact) mass is 843 g/mol. The number of para-hydroxylation sites is 1. The Kier molecular flexibility index (Phi) is 16.0. The number of ether oxygens (including phenoxy) is 1. The molecule has 334 valence electrons. The molecule has 1 heterocycles. The Hall–Kier alpha value is -4.53. The van der Waals surface area contributed by atoms with Crippen molar-refractivity contribution in [2.75, 3.05) is 59.9 Å². The number of benzene rings is 3. The number of nitrogens with zero attached hydrogens (tertiary/aromatic N) is 3. The Morgan fingerprint density at radius 3 is 2.34 bits per heavy atom. The molecule has 61 heavy (non-hydrogen) atoms. The molecule has 2 fully saturated rings. The Morgan fingerprint density at radius 1 is 1.02 bits per heavy atom. The fraction of sp³-hybridized carbons (Fsp3) is 0.562. The molecule has 0 aromatic heterocycles. The number of likely N-dealkylation sites (N-methyl/N-ethyl adjacent to an activating group) is 3. The Balaban J connectivity index is 1.51. The maximum atomic E-state index is 14.5. The van der Waals surface area contributed by atoms with E-state index in [4.69, 9.17) is 9.57 Å². The van der Waals surface area contributed by atoms with Crippen molar-refractivity contribution < 1.29 is 34.2 Å². The summed E-state index contributed by atoms with van der Waals surface area (Å²) >= 11 is 0. The standard InChI is InChI=1S/C48H70N6O7/c1-29-20-40(30(2)31(3)48(29,5)6)51-47(59)44-43(32(4)56)41(28-55)61-54(44)25-34-18-15-19-39(45(34)60-11)35-22-36(24-38(23-35)53(10)27-42(57)49-7)46(58)50-37(26-52(8)9)21-33-16-13-12-14-17-33/h12-19,22-24,29-32,37,40-41,43-44,55-56H,20-21,25-28H2,1-11H3,(H,49,57)(H,50,58)(H,51,59)/t29-,30+,31+,32+,37+,40+,41+,43-,44+/m1/s1. The number of methoxy groups -OCH3 is 1. The number of nitrogens with one attached hydrogen (secondary N) is 3. The molecule has 9 atom stereocenters. The molecule has 5 N–H and O–H groups in total. The first kappa shape index (κ1) is 47.5. The molecule has 3 amide bonds. The summed E-state index contributed by atoms with van der Waals surface area (Å²) in [6.45, 7) is 13.3. The van der Waals surface area contributed by atoms with E-state index in [0.717, 1.165) is 12.0 Å². The Morgan fingerprint density at radius 2 is 1.72 bits per heavy atom. The van der Waals surface area contributed by atoms with Crippen LogP contribution in [0.4, 0.5) is 5.69 Å². The summed E-state index contributed by atoms with van der Waals surface area (Å²) in [5.41, 5.74) is 4.36. The number of aliphatic hydroxyl groups excluding tert-OH is 2. The molecule has 1 saturated heterocycles. The van der Waals surface area contributed by atoms with E-state index < -0.39 is 24.2 Å². The molecule has 0 spiro atoms. The van der Waals surface area contributed by atoms with E-state index in [1.165, 1.54) is 0 Å². The maximum absolute atomic E-state index is 14.5. The molecule has 0 unspecified atom stereocenters. The van der Waals surface area contributed by atoms with Crippen LogP contribution in [0.3, 0.4) is 0 Å². The minimum Gasteiger partial charge on any atom is -0.496 e. The summed E-state index contributed by atoms with van der Waals surface area (Å²) in [5.74, 6) is 0.0844. The highest BCUT2D eigenvalue weighted by atomic mass is 16.7. The van der Waals surface area contributed by atoms with E-state index in [-0.39, 0.29) is 60.8 Å². The van der Waals surface area contributed by atoms with Gasteiger partial charge in [-0.05, 0) is 86.4 Å². The molecule has 2 aliphatic rings. The van der Waals surface area contributed by atoms with Crippen molar-refractivity contribution >= 4 is 23.4 Å². The first-order chi connectivity index (χ1) is 28.9. The predicted octanol–water partition coefficient (Wildman–Crippen LogP) is 4.74. The number of carbonyl (C=O) groups is 3. The van der Waals surface area contributed by atoms with Crippen molar-refractivity contribution in [1.29, 1.82) is 0 Å². The molecule has 13 heteroatoms. The van der Waals surface area contributed by atoms with E-state index >= 15 is 0 Å². The molecule has 3 aromatic carbocycles. The van der Waals surface area contributed by atoms with Crippen molar-refractivity contribution in [1.82, 2.24) is 25.9 Å². The molecular weight excluding hydrogens is 773 g/mol. The lowest BCUT2D eigenvalue weighted by Gasteiger charge is -2.50. The van der Waals surface area contributed by atoms with Gasteiger partial charge in [0.05, 0.1) is 32.9 Å². The predicted molar refractivity (Wildman–Crippen MR) is 240 cm³/mol. The normalized spacial score (nSPS) is 24.8. The van der Waals surface area contributed by atoms with Crippen LogP contribution in [-0.2, 0) is 27.4 Å². The minimum atomic E-state index is -0.948. The van der Waals surface area contributed by atoms with Gasteiger partial charge < -0.3 is 40.7 Å². The van der Waals surface area contributed by atoms with Crippen LogP contribution in [0.1, 0.15) is 69.4 Å². The number of hydrogen-bond acceptors (Lipinski definition) is 10. The van der Waals surface area contributed by atoms with Gasteiger partial charge in [-0.1, -0.05) is 83.1 Å². The molecular formula is C48H70N6O7. The van der Waals surface area contributed by atoms with Gasteiger partial charge in [-0.2, -0.15) is 5.06 Å². The molecule has 0 radical (unpaired) electrons. The highest BCUT2D eigenvalue weighted by molar-refractivity contribution is 5.97. The van der Waals surface area contributed by atoms with Gasteiger partial charge in [0.1, 0.15) is 17.9 Å². The zero-order valence-corrected chi connectivity index (χ0v) is 38.1. The Bertz CT molecular complexity index is 1960. The van der Waals surface area contributed by atoms with Gasteiger partial charge in [0, 0.05) is 61.0 Å². The number of hydrogen-bond donors (Lipinski definition) is 5. The third-order valence-corrected chi connectivity index (χ3v) is 13.6. The van der Waals surface area contributed by atoms with Crippen LogP contribution >= 0.6 is 0 Å². The molecule has 5 rings (SSSR count). The second kappa shape index (κ2) is 20.6. The number of carbonyl (C=O) groups excluding carboxylic acids is 3. The van der Waals surface area contributed by atoms with Crippen molar-refractivity contribution in [2.24, 2.45) is 29.1 Å². The molecule has 1 aliphatic heterocycles. The highest BCUT2D eigenvalue weighted by Crippen LogP contribution is 2.48. The van der Waals surface area contributed by atoms with Crippen molar-refractivity contribution in [3.8, 4) is 16.9 Å². The van der Waals surface area contributed by atoms with Crippen molar-refractivity contribution in [3.05, 3.63) is 83.4 Å². The lowest BCUT2D eigenvalue weighted by molar-refractivity contribution is -0.182. The van der Waals surface area contributed by atoms with Crippen LogP contribution in [0.5, 0.6) is 5.75 Å². The van der Waals surface area contributed by atoms with E-state index in [1.807, 2.05) is 67.5 Å². The molecule has 13 nitrogen and oxygen atoms in total. The molecule has 1 saturated carbocycles. The van der Waals surface area contributed by atoms with Gasteiger partial charge >= 0.3 is 0 Å². The number of aliphatic hydroxyl groups is 2. The van der Waals surface area contributed by atoms with Gasteiger partial charge in [-0.25, -0.2) is 0 Å². The second-order valence-electron chi connectivity index (χ2n) is 18.3. The lowest BCUT2D eigenvalue weighted by Crippen LogP contribution is -2.56. The first-order valence-electron chi connectivity index (χ1n) is 21.6. The quantitative estimate of drug-likeness (QED) is 0.129. The third-order valence-electron chi connectivity index (χ3n) is 13.6. The summed E-state index contributed by atoms with van der Waals surface area (Å²) in [6.07, 6.45) is -0.282. The largest absolute Gasteiger partial charge is 0.496 e. The van der Waals surface area contributed by atoms with Crippen LogP contribution in [0, 0.1) is 29.1 Å². The highest BCUT2D eigenvalue weighted by Gasteiger charge is 2.51. The van der Waals surface area contributed by atoms with Gasteiger partial charge in [-0.15, -0.1) is 0 Å². The third kappa shape index (κ3) is 11.1. The average Bonchev–Trinajstić information content (AvgIpc) is 3.60. The SMILES string of the molecule is CNC(=O)CN(C)c1cc(C(=O)N[C@@H](Cc2ccccc2)CN(C)C)cc(-c2cccc(CN3O[C@@H](CO)[C@@H]([C@H](C)O)[C@H]3C(=O)N[C@H]3C[C@@H](C)C(C)(C)[C@@H](C)[C@@H]3C)c2OC)c1. The van der Waals surface area contributed by atoms with Crippen molar-refractivity contribution in [3.63, 3.8) is 0 Å². The van der Waals surface area contributed by atoms with E-state index in [1.54, 1.807) is 44.2 Å². The number of hydroxylamine groups is 2. The molecule has 1 aliphatic carbocycles. The average molecular weight is 843 g/mol. The summed E-state index contributed by atoms with van der Waals surface area (Å²) < 4.78 is 6.14. The fourth-order valence-electron chi connectivity index (χ4n) is 9.33. The number of anilines is 1. The van der Waals surface area contributed by atoms with E-state index in [0.29, 0.717) is 58.5 Å². The molecule has 3 aromatic rings. The van der Waals surface area contributed by atoms with E-state index in [9.17, 15) is 24.6 Å². The van der Waals surface area contributed by atoms with Gasteiger partial charge in [-0.3, -0.25) is 19.2 Å². The number of amides is 3. The zero-order chi connectivity index (χ0) is 44.8. The summed E-state index contributed by atoms with van der Waals surface area (Å²) in [5, 5.41) is 32.4. The minimum absolute atomic E-state index is 0.0650. The van der Waals surface area contributed by atoms with E-state index in [2.05, 4.69) is 62.7 Å². The van der Waals surface area contributed by atoms with Crippen molar-refractivity contribution in [2.45, 2.75) is 91.3 Å². The van der Waals surface area contributed by atoms with Crippen LogP contribution < -0.4 is 25.6 Å². The van der Waals surface area contributed by atoms with Crippen LogP contribution in [-0.4, -0.2) is 123 Å². The summed E-state index contributed by atoms with van der Waals surface area (Å²) in [6, 6.07) is 20.1. The van der Waals surface area contributed by atoms with Gasteiger partial charge in [0.15, 0.2) is 0 Å². The topological polar surface area (TPSA) is 156 Å². The zero-order valence-electron chi connectivity index (χ0n) is 38.1. The first-order valence-corrected chi connectivity index (χ1v) is 21.6. The fourth-order valence-corrected chi connectivity index (χ4v) is 9.33. The second-order valence-corrected chi connectivity index (χ2v) is 18.3.